The van der Waals surface area contributed by atoms with E-state index in [1.165, 1.54) is 0 Å². The number of likely N-dealkylation sites (N-methyl/N-ethyl adjacent to an activating group) is 1. The van der Waals surface area contributed by atoms with E-state index < -0.39 is 0 Å². The molecule has 0 aliphatic heterocycles. The summed E-state index contributed by atoms with van der Waals surface area (Å²) in [7, 11) is 4.00. The van der Waals surface area contributed by atoms with E-state index in [0.717, 1.165) is 13.0 Å². The quantitative estimate of drug-likeness (QED) is 0.533. The first-order valence-electron chi connectivity index (χ1n) is 5.82. The average Bonchev–Trinajstić information content (AvgIpc) is 2.24. The maximum absolute atomic E-state index is 11.5. The molecule has 5 nitrogen and oxygen atoms in total. The van der Waals surface area contributed by atoms with Gasteiger partial charge in [0.05, 0.1) is 13.2 Å². The molecule has 0 heterocycles. The van der Waals surface area contributed by atoms with Gasteiger partial charge in [0, 0.05) is 25.6 Å². The number of carbonyl (C=O) groups is 1. The van der Waals surface area contributed by atoms with Crippen molar-refractivity contribution in [3.8, 4) is 0 Å². The lowest BCUT2D eigenvalue weighted by molar-refractivity contribution is -0.125. The number of hydrogen-bond acceptors (Lipinski definition) is 4. The number of rotatable bonds is 9. The summed E-state index contributed by atoms with van der Waals surface area (Å²) in [5.74, 6) is -0.0389. The third-order valence-electron chi connectivity index (χ3n) is 2.38. The van der Waals surface area contributed by atoms with Gasteiger partial charge in [-0.15, -0.1) is 0 Å². The molecule has 16 heavy (non-hydrogen) atoms. The second-order valence-corrected chi connectivity index (χ2v) is 4.05. The molecular weight excluding hydrogens is 206 g/mol. The summed E-state index contributed by atoms with van der Waals surface area (Å²) < 4.78 is 5.35. The largest absolute Gasteiger partial charge is 0.378 e. The number of amides is 1. The van der Waals surface area contributed by atoms with Crippen molar-refractivity contribution in [3.63, 3.8) is 0 Å². The Morgan fingerprint density at radius 2 is 2.12 bits per heavy atom. The highest BCUT2D eigenvalue weighted by Crippen LogP contribution is 1.98. The van der Waals surface area contributed by atoms with Gasteiger partial charge in [0.15, 0.2) is 0 Å². The van der Waals surface area contributed by atoms with E-state index in [1.54, 1.807) is 0 Å². The van der Waals surface area contributed by atoms with Crippen LogP contribution in [0.25, 0.3) is 0 Å². The molecule has 1 amide bonds. The zero-order valence-corrected chi connectivity index (χ0v) is 10.7. The van der Waals surface area contributed by atoms with Gasteiger partial charge < -0.3 is 20.7 Å². The Labute approximate surface area is 98.3 Å². The summed E-state index contributed by atoms with van der Waals surface area (Å²) in [6, 6.07) is 0. The summed E-state index contributed by atoms with van der Waals surface area (Å²) in [4.78, 5) is 13.5. The highest BCUT2D eigenvalue weighted by molar-refractivity contribution is 5.78. The third-order valence-corrected chi connectivity index (χ3v) is 2.38. The first-order valence-corrected chi connectivity index (χ1v) is 5.82. The molecular formula is C11H25N3O2. The van der Waals surface area contributed by atoms with Crippen LogP contribution in [-0.4, -0.2) is 57.8 Å². The zero-order valence-electron chi connectivity index (χ0n) is 10.7. The molecule has 5 heteroatoms. The fourth-order valence-corrected chi connectivity index (χ4v) is 1.20. The van der Waals surface area contributed by atoms with Crippen LogP contribution >= 0.6 is 0 Å². The van der Waals surface area contributed by atoms with Gasteiger partial charge in [0.1, 0.15) is 0 Å². The standard InChI is InChI=1S/C11H25N3O2/c1-4-10(9-12)11(15)13-5-7-16-8-6-14(2)3/h10H,4-9,12H2,1-3H3,(H,13,15). The van der Waals surface area contributed by atoms with E-state index in [9.17, 15) is 4.79 Å². The second-order valence-electron chi connectivity index (χ2n) is 4.05. The van der Waals surface area contributed by atoms with Gasteiger partial charge in [-0.05, 0) is 20.5 Å². The van der Waals surface area contributed by atoms with Crippen LogP contribution in [0.3, 0.4) is 0 Å². The molecule has 1 atom stereocenters. The molecule has 0 aromatic carbocycles. The lowest BCUT2D eigenvalue weighted by Crippen LogP contribution is -2.36. The zero-order chi connectivity index (χ0) is 12.4. The Kier molecular flexibility index (Phi) is 9.18. The smallest absolute Gasteiger partial charge is 0.224 e. The van der Waals surface area contributed by atoms with Gasteiger partial charge in [-0.2, -0.15) is 0 Å². The molecule has 0 spiro atoms. The second kappa shape index (κ2) is 9.57. The molecule has 0 saturated heterocycles. The van der Waals surface area contributed by atoms with Crippen molar-refractivity contribution in [2.45, 2.75) is 13.3 Å². The van der Waals surface area contributed by atoms with Gasteiger partial charge in [-0.3, -0.25) is 4.79 Å². The number of carbonyl (C=O) groups excluding carboxylic acids is 1. The highest BCUT2D eigenvalue weighted by Gasteiger charge is 2.12. The van der Waals surface area contributed by atoms with E-state index in [-0.39, 0.29) is 11.8 Å². The Bertz CT molecular complexity index is 182. The number of nitrogens with one attached hydrogen (secondary N) is 1. The van der Waals surface area contributed by atoms with Crippen molar-refractivity contribution in [2.24, 2.45) is 11.7 Å². The summed E-state index contributed by atoms with van der Waals surface area (Å²) in [6.45, 7) is 5.07. The molecule has 0 bridgehead atoms. The van der Waals surface area contributed by atoms with E-state index in [4.69, 9.17) is 10.5 Å². The summed E-state index contributed by atoms with van der Waals surface area (Å²) in [5.41, 5.74) is 5.47. The summed E-state index contributed by atoms with van der Waals surface area (Å²) in [5, 5.41) is 2.82. The molecule has 0 radical (unpaired) electrons. The molecule has 0 aromatic heterocycles. The minimum absolute atomic E-state index is 0.0289. The lowest BCUT2D eigenvalue weighted by atomic mass is 10.1. The van der Waals surface area contributed by atoms with E-state index >= 15 is 0 Å². The maximum Gasteiger partial charge on any atom is 0.224 e. The molecule has 96 valence electrons. The van der Waals surface area contributed by atoms with Crippen molar-refractivity contribution >= 4 is 5.91 Å². The van der Waals surface area contributed by atoms with Crippen molar-refractivity contribution in [1.29, 1.82) is 0 Å². The molecule has 1 unspecified atom stereocenters. The highest BCUT2D eigenvalue weighted by atomic mass is 16.5. The van der Waals surface area contributed by atoms with Gasteiger partial charge in [0.2, 0.25) is 5.91 Å². The topological polar surface area (TPSA) is 67.6 Å². The lowest BCUT2D eigenvalue weighted by Gasteiger charge is -2.13. The minimum atomic E-state index is -0.0678. The van der Waals surface area contributed by atoms with Gasteiger partial charge in [-0.25, -0.2) is 0 Å². The van der Waals surface area contributed by atoms with Crippen LogP contribution in [0.1, 0.15) is 13.3 Å². The Hall–Kier alpha value is -0.650. The van der Waals surface area contributed by atoms with Crippen molar-refractivity contribution < 1.29 is 9.53 Å². The number of ether oxygens (including phenoxy) is 1. The van der Waals surface area contributed by atoms with Crippen molar-refractivity contribution in [3.05, 3.63) is 0 Å². The van der Waals surface area contributed by atoms with Gasteiger partial charge in [-0.1, -0.05) is 6.92 Å². The van der Waals surface area contributed by atoms with Crippen LogP contribution in [0.2, 0.25) is 0 Å². The maximum atomic E-state index is 11.5. The molecule has 0 rings (SSSR count). The van der Waals surface area contributed by atoms with Crippen molar-refractivity contribution in [2.75, 3.05) is 46.9 Å². The molecule has 0 saturated carbocycles. The van der Waals surface area contributed by atoms with Crippen LogP contribution in [0.4, 0.5) is 0 Å². The van der Waals surface area contributed by atoms with Crippen LogP contribution in [0.15, 0.2) is 0 Å². The van der Waals surface area contributed by atoms with Gasteiger partial charge in [0.25, 0.3) is 0 Å². The van der Waals surface area contributed by atoms with Crippen LogP contribution in [0.5, 0.6) is 0 Å². The van der Waals surface area contributed by atoms with Gasteiger partial charge >= 0.3 is 0 Å². The number of nitrogens with zero attached hydrogens (tertiary/aromatic N) is 1. The Morgan fingerprint density at radius 1 is 1.44 bits per heavy atom. The molecule has 0 aromatic rings. The van der Waals surface area contributed by atoms with Crippen LogP contribution in [-0.2, 0) is 9.53 Å². The van der Waals surface area contributed by atoms with E-state index in [2.05, 4.69) is 10.2 Å². The fourth-order valence-electron chi connectivity index (χ4n) is 1.20. The first kappa shape index (κ1) is 15.3. The Balaban J connectivity index is 3.40. The molecule has 0 aliphatic carbocycles. The summed E-state index contributed by atoms with van der Waals surface area (Å²) in [6.07, 6.45) is 0.782. The van der Waals surface area contributed by atoms with Crippen LogP contribution < -0.4 is 11.1 Å². The van der Waals surface area contributed by atoms with Crippen molar-refractivity contribution in [1.82, 2.24) is 10.2 Å². The average molecular weight is 231 g/mol. The number of nitrogens with two attached hydrogens (primary N) is 1. The van der Waals surface area contributed by atoms with E-state index in [0.29, 0.717) is 26.3 Å². The third kappa shape index (κ3) is 7.62. The molecule has 3 N–H and O–H groups in total. The Morgan fingerprint density at radius 3 is 2.62 bits per heavy atom. The number of hydrogen-bond donors (Lipinski definition) is 2. The predicted octanol–water partition coefficient (Wildman–Crippen LogP) is -0.334. The minimum Gasteiger partial charge on any atom is -0.378 e. The predicted molar refractivity (Wildman–Crippen MR) is 65.2 cm³/mol. The monoisotopic (exact) mass is 231 g/mol. The molecule has 0 aliphatic rings. The first-order chi connectivity index (χ1) is 7.61. The van der Waals surface area contributed by atoms with E-state index in [1.807, 2.05) is 21.0 Å². The normalized spacial score (nSPS) is 12.8. The SMILES string of the molecule is CCC(CN)C(=O)NCCOCCN(C)C. The summed E-state index contributed by atoms with van der Waals surface area (Å²) >= 11 is 0. The molecule has 0 fully saturated rings. The fraction of sp³-hybridized carbons (Fsp3) is 0.909. The van der Waals surface area contributed by atoms with Crippen LogP contribution in [0, 0.1) is 5.92 Å².